The molecule has 0 saturated carbocycles. The Kier molecular flexibility index (Phi) is 8.79. The second-order valence-corrected chi connectivity index (χ2v) is 4.82. The van der Waals surface area contributed by atoms with Crippen molar-refractivity contribution in [3.05, 3.63) is 0 Å². The highest BCUT2D eigenvalue weighted by atomic mass is 16.5. The second-order valence-electron chi connectivity index (χ2n) is 4.82. The Labute approximate surface area is 116 Å². The molecule has 1 aliphatic rings. The fourth-order valence-electron chi connectivity index (χ4n) is 2.17. The number of nitrogens with zero attached hydrogens (tertiary/aromatic N) is 1. The first kappa shape index (κ1) is 16.4. The summed E-state index contributed by atoms with van der Waals surface area (Å²) in [5.41, 5.74) is 0. The SMILES string of the molecule is CCCNCC(=O)N1CCC(OCCOCC)CC1. The quantitative estimate of drug-likeness (QED) is 0.637. The van der Waals surface area contributed by atoms with Crippen LogP contribution in [0.25, 0.3) is 0 Å². The van der Waals surface area contributed by atoms with E-state index in [0.717, 1.165) is 45.5 Å². The number of hydrogen-bond donors (Lipinski definition) is 1. The maximum atomic E-state index is 11.9. The van der Waals surface area contributed by atoms with E-state index < -0.39 is 0 Å². The van der Waals surface area contributed by atoms with Gasteiger partial charge in [-0.3, -0.25) is 4.79 Å². The predicted octanol–water partition coefficient (Wildman–Crippen LogP) is 1.03. The van der Waals surface area contributed by atoms with Crippen molar-refractivity contribution in [1.29, 1.82) is 0 Å². The van der Waals surface area contributed by atoms with Gasteiger partial charge in [-0.2, -0.15) is 0 Å². The summed E-state index contributed by atoms with van der Waals surface area (Å²) in [5, 5.41) is 3.15. The summed E-state index contributed by atoms with van der Waals surface area (Å²) in [7, 11) is 0. The zero-order chi connectivity index (χ0) is 13.9. The van der Waals surface area contributed by atoms with Gasteiger partial charge in [-0.15, -0.1) is 0 Å². The van der Waals surface area contributed by atoms with Crippen LogP contribution >= 0.6 is 0 Å². The lowest BCUT2D eigenvalue weighted by molar-refractivity contribution is -0.133. The van der Waals surface area contributed by atoms with E-state index in [-0.39, 0.29) is 12.0 Å². The van der Waals surface area contributed by atoms with Crippen LogP contribution in [0.2, 0.25) is 0 Å². The van der Waals surface area contributed by atoms with Gasteiger partial charge >= 0.3 is 0 Å². The van der Waals surface area contributed by atoms with E-state index in [1.54, 1.807) is 0 Å². The summed E-state index contributed by atoms with van der Waals surface area (Å²) in [6.07, 6.45) is 3.22. The number of amides is 1. The highest BCUT2D eigenvalue weighted by molar-refractivity contribution is 5.78. The van der Waals surface area contributed by atoms with Crippen LogP contribution in [-0.2, 0) is 14.3 Å². The molecule has 0 unspecified atom stereocenters. The summed E-state index contributed by atoms with van der Waals surface area (Å²) < 4.78 is 11.0. The Bertz CT molecular complexity index is 241. The first-order valence-electron chi connectivity index (χ1n) is 7.45. The molecule has 1 amide bonds. The van der Waals surface area contributed by atoms with E-state index in [1.807, 2.05) is 11.8 Å². The highest BCUT2D eigenvalue weighted by Gasteiger charge is 2.22. The van der Waals surface area contributed by atoms with Crippen molar-refractivity contribution in [2.24, 2.45) is 0 Å². The van der Waals surface area contributed by atoms with Crippen LogP contribution in [0.3, 0.4) is 0 Å². The summed E-state index contributed by atoms with van der Waals surface area (Å²) in [4.78, 5) is 13.8. The van der Waals surface area contributed by atoms with Crippen LogP contribution in [0, 0.1) is 0 Å². The number of likely N-dealkylation sites (tertiary alicyclic amines) is 1. The molecule has 1 aliphatic heterocycles. The Morgan fingerprint density at radius 2 is 2.00 bits per heavy atom. The standard InChI is InChI=1S/C14H28N2O3/c1-3-7-15-12-14(17)16-8-5-13(6-9-16)19-11-10-18-4-2/h13,15H,3-12H2,1-2H3. The van der Waals surface area contributed by atoms with Gasteiger partial charge in [0.1, 0.15) is 0 Å². The average molecular weight is 272 g/mol. The largest absolute Gasteiger partial charge is 0.379 e. The number of nitrogens with one attached hydrogen (secondary N) is 1. The first-order chi connectivity index (χ1) is 9.27. The van der Waals surface area contributed by atoms with E-state index in [4.69, 9.17) is 9.47 Å². The first-order valence-corrected chi connectivity index (χ1v) is 7.45. The summed E-state index contributed by atoms with van der Waals surface area (Å²) in [5.74, 6) is 0.209. The summed E-state index contributed by atoms with van der Waals surface area (Å²) in [6, 6.07) is 0. The van der Waals surface area contributed by atoms with Gasteiger partial charge < -0.3 is 19.7 Å². The summed E-state index contributed by atoms with van der Waals surface area (Å²) in [6.45, 7) is 9.13. The van der Waals surface area contributed by atoms with Gasteiger partial charge in [0.05, 0.1) is 25.9 Å². The zero-order valence-electron chi connectivity index (χ0n) is 12.3. The maximum Gasteiger partial charge on any atom is 0.236 e. The molecule has 0 spiro atoms. The molecule has 0 aromatic rings. The third-order valence-corrected chi connectivity index (χ3v) is 3.28. The van der Waals surface area contributed by atoms with Gasteiger partial charge in [-0.1, -0.05) is 6.92 Å². The minimum absolute atomic E-state index is 0.209. The molecule has 0 aromatic carbocycles. The van der Waals surface area contributed by atoms with Gasteiger partial charge in [-0.05, 0) is 32.7 Å². The normalized spacial score (nSPS) is 16.8. The lowest BCUT2D eigenvalue weighted by atomic mass is 10.1. The van der Waals surface area contributed by atoms with Crippen LogP contribution in [0.15, 0.2) is 0 Å². The zero-order valence-corrected chi connectivity index (χ0v) is 12.3. The van der Waals surface area contributed by atoms with Crippen molar-refractivity contribution in [3.8, 4) is 0 Å². The number of carbonyl (C=O) groups is 1. The number of hydrogen-bond acceptors (Lipinski definition) is 4. The van der Waals surface area contributed by atoms with Crippen molar-refractivity contribution < 1.29 is 14.3 Å². The Hall–Kier alpha value is -0.650. The Balaban J connectivity index is 2.09. The van der Waals surface area contributed by atoms with Gasteiger partial charge in [-0.25, -0.2) is 0 Å². The molecule has 1 saturated heterocycles. The molecule has 0 radical (unpaired) electrons. The fraction of sp³-hybridized carbons (Fsp3) is 0.929. The van der Waals surface area contributed by atoms with Gasteiger partial charge in [0.2, 0.25) is 5.91 Å². The molecule has 5 heteroatoms. The smallest absolute Gasteiger partial charge is 0.236 e. The van der Waals surface area contributed by atoms with Crippen LogP contribution in [0.1, 0.15) is 33.1 Å². The van der Waals surface area contributed by atoms with Crippen LogP contribution < -0.4 is 5.32 Å². The van der Waals surface area contributed by atoms with Crippen molar-refractivity contribution >= 4 is 5.91 Å². The van der Waals surface area contributed by atoms with E-state index in [2.05, 4.69) is 12.2 Å². The molecule has 1 rings (SSSR count). The lowest BCUT2D eigenvalue weighted by Crippen LogP contribution is -2.44. The molecule has 0 aliphatic carbocycles. The van der Waals surface area contributed by atoms with E-state index in [1.165, 1.54) is 0 Å². The third kappa shape index (κ3) is 6.89. The molecule has 0 bridgehead atoms. The topological polar surface area (TPSA) is 50.8 Å². The molecular weight excluding hydrogens is 244 g/mol. The van der Waals surface area contributed by atoms with E-state index in [0.29, 0.717) is 19.8 Å². The van der Waals surface area contributed by atoms with Crippen molar-refractivity contribution in [2.45, 2.75) is 39.2 Å². The molecule has 0 atom stereocenters. The minimum Gasteiger partial charge on any atom is -0.379 e. The molecule has 1 fully saturated rings. The van der Waals surface area contributed by atoms with Crippen LogP contribution in [-0.4, -0.2) is 62.9 Å². The number of ether oxygens (including phenoxy) is 2. The number of rotatable bonds is 9. The average Bonchev–Trinajstić information content (AvgIpc) is 2.44. The monoisotopic (exact) mass is 272 g/mol. The molecule has 1 N–H and O–H groups in total. The molecule has 112 valence electrons. The van der Waals surface area contributed by atoms with Crippen molar-refractivity contribution in [1.82, 2.24) is 10.2 Å². The number of carbonyl (C=O) groups excluding carboxylic acids is 1. The molecule has 19 heavy (non-hydrogen) atoms. The third-order valence-electron chi connectivity index (χ3n) is 3.28. The Morgan fingerprint density at radius 3 is 2.63 bits per heavy atom. The Morgan fingerprint density at radius 1 is 1.26 bits per heavy atom. The lowest BCUT2D eigenvalue weighted by Gasteiger charge is -2.32. The summed E-state index contributed by atoms with van der Waals surface area (Å²) >= 11 is 0. The van der Waals surface area contributed by atoms with Crippen LogP contribution in [0.4, 0.5) is 0 Å². The van der Waals surface area contributed by atoms with Crippen LogP contribution in [0.5, 0.6) is 0 Å². The molecule has 0 aromatic heterocycles. The molecule has 1 heterocycles. The molecular formula is C14H28N2O3. The number of piperidine rings is 1. The minimum atomic E-state index is 0.209. The maximum absolute atomic E-state index is 11.9. The van der Waals surface area contributed by atoms with Crippen molar-refractivity contribution in [2.75, 3.05) is 46.0 Å². The van der Waals surface area contributed by atoms with E-state index in [9.17, 15) is 4.79 Å². The molecule has 5 nitrogen and oxygen atoms in total. The second kappa shape index (κ2) is 10.2. The van der Waals surface area contributed by atoms with Gasteiger partial charge in [0, 0.05) is 19.7 Å². The van der Waals surface area contributed by atoms with Gasteiger partial charge in [0.15, 0.2) is 0 Å². The van der Waals surface area contributed by atoms with Gasteiger partial charge in [0.25, 0.3) is 0 Å². The fourth-order valence-corrected chi connectivity index (χ4v) is 2.17. The predicted molar refractivity (Wildman–Crippen MR) is 75.2 cm³/mol. The van der Waals surface area contributed by atoms with E-state index >= 15 is 0 Å². The van der Waals surface area contributed by atoms with Crippen molar-refractivity contribution in [3.63, 3.8) is 0 Å². The highest BCUT2D eigenvalue weighted by Crippen LogP contribution is 2.13.